The Morgan fingerprint density at radius 1 is 1.21 bits per heavy atom. The second kappa shape index (κ2) is 7.03. The summed E-state index contributed by atoms with van der Waals surface area (Å²) in [5.74, 6) is 0. The Bertz CT molecular complexity index is 480. The van der Waals surface area contributed by atoms with Crippen LogP contribution in [0.3, 0.4) is 0 Å². The minimum atomic E-state index is -3.47. The van der Waals surface area contributed by atoms with Crippen molar-refractivity contribution in [3.05, 3.63) is 29.8 Å². The van der Waals surface area contributed by atoms with Crippen LogP contribution in [0.25, 0.3) is 0 Å². The van der Waals surface area contributed by atoms with Crippen molar-refractivity contribution in [2.24, 2.45) is 0 Å². The van der Waals surface area contributed by atoms with E-state index in [0.29, 0.717) is 5.56 Å². The molecule has 0 amide bonds. The SMILES string of the molecule is CCCC(CC)NS(=O)(=O)c1ccc(C(C)O)cc1. The van der Waals surface area contributed by atoms with Gasteiger partial charge in [0, 0.05) is 6.04 Å². The number of sulfonamides is 1. The maximum atomic E-state index is 12.2. The van der Waals surface area contributed by atoms with Gasteiger partial charge < -0.3 is 5.11 Å². The smallest absolute Gasteiger partial charge is 0.240 e. The highest BCUT2D eigenvalue weighted by atomic mass is 32.2. The van der Waals surface area contributed by atoms with Gasteiger partial charge in [-0.05, 0) is 37.5 Å². The first kappa shape index (κ1) is 16.1. The molecule has 2 N–H and O–H groups in total. The number of hydrogen-bond acceptors (Lipinski definition) is 3. The molecule has 4 nitrogen and oxygen atoms in total. The predicted octanol–water partition coefficient (Wildman–Crippen LogP) is 2.60. The van der Waals surface area contributed by atoms with Gasteiger partial charge in [0.15, 0.2) is 0 Å². The van der Waals surface area contributed by atoms with E-state index in [0.717, 1.165) is 19.3 Å². The fraction of sp³-hybridized carbons (Fsp3) is 0.571. The van der Waals surface area contributed by atoms with E-state index in [1.165, 1.54) is 12.1 Å². The summed E-state index contributed by atoms with van der Waals surface area (Å²) >= 11 is 0. The molecule has 1 rings (SSSR count). The summed E-state index contributed by atoms with van der Waals surface area (Å²) in [7, 11) is -3.47. The summed E-state index contributed by atoms with van der Waals surface area (Å²) in [6.45, 7) is 5.66. The maximum Gasteiger partial charge on any atom is 0.240 e. The van der Waals surface area contributed by atoms with Gasteiger partial charge >= 0.3 is 0 Å². The van der Waals surface area contributed by atoms with Gasteiger partial charge in [-0.2, -0.15) is 0 Å². The van der Waals surface area contributed by atoms with Crippen molar-refractivity contribution < 1.29 is 13.5 Å². The van der Waals surface area contributed by atoms with Gasteiger partial charge in [-0.15, -0.1) is 0 Å². The Kier molecular flexibility index (Phi) is 5.97. The zero-order valence-corrected chi connectivity index (χ0v) is 12.6. The van der Waals surface area contributed by atoms with Gasteiger partial charge in [-0.25, -0.2) is 13.1 Å². The fourth-order valence-corrected chi connectivity index (χ4v) is 3.26. The van der Waals surface area contributed by atoms with Crippen molar-refractivity contribution in [1.29, 1.82) is 0 Å². The molecule has 1 aromatic carbocycles. The lowest BCUT2D eigenvalue weighted by Gasteiger charge is -2.16. The quantitative estimate of drug-likeness (QED) is 0.809. The number of aliphatic hydroxyl groups excluding tert-OH is 1. The van der Waals surface area contributed by atoms with E-state index in [4.69, 9.17) is 0 Å². The second-order valence-electron chi connectivity index (χ2n) is 4.76. The van der Waals surface area contributed by atoms with Crippen LogP contribution in [0.15, 0.2) is 29.2 Å². The average molecular weight is 285 g/mol. The van der Waals surface area contributed by atoms with E-state index in [9.17, 15) is 13.5 Å². The fourth-order valence-electron chi connectivity index (χ4n) is 1.91. The zero-order valence-electron chi connectivity index (χ0n) is 11.8. The van der Waals surface area contributed by atoms with Crippen LogP contribution in [-0.4, -0.2) is 19.6 Å². The lowest BCUT2D eigenvalue weighted by Crippen LogP contribution is -2.34. The number of benzene rings is 1. The van der Waals surface area contributed by atoms with Crippen molar-refractivity contribution in [3.63, 3.8) is 0 Å². The number of rotatable bonds is 7. The third-order valence-electron chi connectivity index (χ3n) is 3.12. The van der Waals surface area contributed by atoms with E-state index >= 15 is 0 Å². The molecule has 0 aliphatic heterocycles. The molecule has 2 unspecified atom stereocenters. The molecule has 0 aromatic heterocycles. The van der Waals surface area contributed by atoms with Crippen LogP contribution < -0.4 is 4.72 Å². The van der Waals surface area contributed by atoms with E-state index in [2.05, 4.69) is 4.72 Å². The number of nitrogens with one attached hydrogen (secondary N) is 1. The third-order valence-corrected chi connectivity index (χ3v) is 4.66. The van der Waals surface area contributed by atoms with Crippen LogP contribution >= 0.6 is 0 Å². The van der Waals surface area contributed by atoms with Crippen molar-refractivity contribution in [2.45, 2.75) is 57.1 Å². The van der Waals surface area contributed by atoms with Gasteiger partial charge in [-0.3, -0.25) is 0 Å². The van der Waals surface area contributed by atoms with Crippen LogP contribution in [0.2, 0.25) is 0 Å². The Labute approximate surface area is 115 Å². The molecular formula is C14H23NO3S. The number of hydrogen-bond donors (Lipinski definition) is 2. The minimum Gasteiger partial charge on any atom is -0.389 e. The minimum absolute atomic E-state index is 0.0218. The third kappa shape index (κ3) is 4.60. The molecule has 5 heteroatoms. The molecule has 2 atom stereocenters. The molecular weight excluding hydrogens is 262 g/mol. The van der Waals surface area contributed by atoms with Gasteiger partial charge in [0.2, 0.25) is 10.0 Å². The Hall–Kier alpha value is -0.910. The second-order valence-corrected chi connectivity index (χ2v) is 6.47. The summed E-state index contributed by atoms with van der Waals surface area (Å²) < 4.78 is 27.1. The van der Waals surface area contributed by atoms with Crippen molar-refractivity contribution >= 4 is 10.0 Å². The van der Waals surface area contributed by atoms with E-state index in [-0.39, 0.29) is 10.9 Å². The lowest BCUT2D eigenvalue weighted by atomic mass is 10.1. The van der Waals surface area contributed by atoms with Crippen LogP contribution in [0.1, 0.15) is 51.7 Å². The highest BCUT2D eigenvalue weighted by molar-refractivity contribution is 7.89. The highest BCUT2D eigenvalue weighted by Crippen LogP contribution is 2.16. The van der Waals surface area contributed by atoms with E-state index in [1.54, 1.807) is 19.1 Å². The molecule has 0 heterocycles. The summed E-state index contributed by atoms with van der Waals surface area (Å²) in [6, 6.07) is 6.32. The first-order valence-corrected chi connectivity index (χ1v) is 8.19. The zero-order chi connectivity index (χ0) is 14.5. The van der Waals surface area contributed by atoms with Crippen LogP contribution in [0, 0.1) is 0 Å². The summed E-state index contributed by atoms with van der Waals surface area (Å²) in [5.41, 5.74) is 0.708. The molecule has 0 saturated carbocycles. The van der Waals surface area contributed by atoms with Crippen molar-refractivity contribution in [2.75, 3.05) is 0 Å². The summed E-state index contributed by atoms with van der Waals surface area (Å²) in [6.07, 6.45) is 1.97. The van der Waals surface area contributed by atoms with E-state index < -0.39 is 16.1 Å². The first-order valence-electron chi connectivity index (χ1n) is 6.71. The van der Waals surface area contributed by atoms with E-state index in [1.807, 2.05) is 13.8 Å². The molecule has 0 spiro atoms. The van der Waals surface area contributed by atoms with Crippen molar-refractivity contribution in [1.82, 2.24) is 4.72 Å². The molecule has 0 bridgehead atoms. The summed E-state index contributed by atoms with van der Waals surface area (Å²) in [4.78, 5) is 0.242. The van der Waals surface area contributed by atoms with Crippen LogP contribution in [0.4, 0.5) is 0 Å². The van der Waals surface area contributed by atoms with Gasteiger partial charge in [0.25, 0.3) is 0 Å². The average Bonchev–Trinajstić information content (AvgIpc) is 2.38. The lowest BCUT2D eigenvalue weighted by molar-refractivity contribution is 0.199. The molecule has 0 aliphatic carbocycles. The van der Waals surface area contributed by atoms with Crippen LogP contribution in [-0.2, 0) is 10.0 Å². The molecule has 0 radical (unpaired) electrons. The Morgan fingerprint density at radius 2 is 1.79 bits per heavy atom. The Balaban J connectivity index is 2.87. The van der Waals surface area contributed by atoms with Gasteiger partial charge in [0.1, 0.15) is 0 Å². The topological polar surface area (TPSA) is 66.4 Å². The molecule has 19 heavy (non-hydrogen) atoms. The highest BCUT2D eigenvalue weighted by Gasteiger charge is 2.18. The van der Waals surface area contributed by atoms with Gasteiger partial charge in [0.05, 0.1) is 11.0 Å². The molecule has 1 aromatic rings. The summed E-state index contributed by atoms with van der Waals surface area (Å²) in [5, 5.41) is 9.41. The molecule has 0 saturated heterocycles. The molecule has 0 fully saturated rings. The standard InChI is InChI=1S/C14H23NO3S/c1-4-6-13(5-2)15-19(17,18)14-9-7-12(8-10-14)11(3)16/h7-11,13,15-16H,4-6H2,1-3H3. The largest absolute Gasteiger partial charge is 0.389 e. The Morgan fingerprint density at radius 3 is 2.21 bits per heavy atom. The monoisotopic (exact) mass is 285 g/mol. The van der Waals surface area contributed by atoms with Crippen molar-refractivity contribution in [3.8, 4) is 0 Å². The normalized spacial score (nSPS) is 15.2. The van der Waals surface area contributed by atoms with Crippen LogP contribution in [0.5, 0.6) is 0 Å². The maximum absolute atomic E-state index is 12.2. The molecule has 108 valence electrons. The molecule has 0 aliphatic rings. The predicted molar refractivity (Wildman–Crippen MR) is 76.4 cm³/mol. The van der Waals surface area contributed by atoms with Gasteiger partial charge in [-0.1, -0.05) is 32.4 Å². The number of aliphatic hydroxyl groups is 1. The first-order chi connectivity index (χ1) is 8.90.